The molecule has 0 bridgehead atoms. The molecule has 0 aromatic heterocycles. The first-order valence-electron chi connectivity index (χ1n) is 8.73. The molecule has 1 aromatic carbocycles. The predicted octanol–water partition coefficient (Wildman–Crippen LogP) is 1.41. The van der Waals surface area contributed by atoms with Crippen LogP contribution in [0, 0.1) is 10.1 Å². The van der Waals surface area contributed by atoms with Gasteiger partial charge in [-0.05, 0) is 30.8 Å². The Balaban J connectivity index is 2.11. The lowest BCUT2D eigenvalue weighted by Crippen LogP contribution is -2.60. The highest BCUT2D eigenvalue weighted by atomic mass is 35.5. The minimum Gasteiger partial charge on any atom is -0.466 e. The molecule has 12 heteroatoms. The number of thiocarbonyl (C=S) groups is 1. The third-order valence-electron chi connectivity index (χ3n) is 4.04. The summed E-state index contributed by atoms with van der Waals surface area (Å²) in [6.07, 6.45) is 0.419. The van der Waals surface area contributed by atoms with Crippen molar-refractivity contribution < 1.29 is 24.0 Å². The van der Waals surface area contributed by atoms with Gasteiger partial charge < -0.3 is 15.0 Å². The van der Waals surface area contributed by atoms with E-state index in [0.717, 1.165) is 6.07 Å². The summed E-state index contributed by atoms with van der Waals surface area (Å²) in [5.41, 5.74) is -0.442. The minimum atomic E-state index is -0.930. The van der Waals surface area contributed by atoms with Crippen molar-refractivity contribution in [1.29, 1.82) is 0 Å². The number of benzene rings is 1. The van der Waals surface area contributed by atoms with E-state index in [1.54, 1.807) is 0 Å². The van der Waals surface area contributed by atoms with Gasteiger partial charge in [0, 0.05) is 24.7 Å². The van der Waals surface area contributed by atoms with E-state index in [2.05, 4.69) is 10.6 Å². The maximum absolute atomic E-state index is 12.5. The fourth-order valence-electron chi connectivity index (χ4n) is 2.63. The van der Waals surface area contributed by atoms with Crippen molar-refractivity contribution >= 4 is 52.4 Å². The molecule has 156 valence electrons. The number of nitro benzene ring substituents is 1. The van der Waals surface area contributed by atoms with Gasteiger partial charge in [-0.25, -0.2) is 0 Å². The molecule has 1 saturated heterocycles. The Bertz CT molecular complexity index is 849. The summed E-state index contributed by atoms with van der Waals surface area (Å²) in [7, 11) is 0. The molecule has 2 amide bonds. The highest BCUT2D eigenvalue weighted by Gasteiger charge is 2.34. The van der Waals surface area contributed by atoms with Crippen LogP contribution in [0.3, 0.4) is 0 Å². The minimum absolute atomic E-state index is 0.0242. The number of carbonyl (C=O) groups is 3. The molecular weight excluding hydrogens is 424 g/mol. The van der Waals surface area contributed by atoms with Crippen LogP contribution in [0.15, 0.2) is 18.2 Å². The van der Waals surface area contributed by atoms with Gasteiger partial charge in [0.15, 0.2) is 5.11 Å². The molecular formula is C17H19ClN4O6S. The van der Waals surface area contributed by atoms with Crippen LogP contribution >= 0.6 is 23.8 Å². The Hall–Kier alpha value is -2.79. The first-order valence-corrected chi connectivity index (χ1v) is 9.52. The average Bonchev–Trinajstić information content (AvgIpc) is 2.67. The Labute approximate surface area is 176 Å². The van der Waals surface area contributed by atoms with Gasteiger partial charge in [-0.2, -0.15) is 0 Å². The van der Waals surface area contributed by atoms with E-state index < -0.39 is 34.4 Å². The highest BCUT2D eigenvalue weighted by molar-refractivity contribution is 7.80. The van der Waals surface area contributed by atoms with Gasteiger partial charge in [0.2, 0.25) is 5.91 Å². The largest absolute Gasteiger partial charge is 0.466 e. The third kappa shape index (κ3) is 5.84. The molecule has 1 unspecified atom stereocenters. The third-order valence-corrected chi connectivity index (χ3v) is 4.70. The van der Waals surface area contributed by atoms with Gasteiger partial charge in [0.1, 0.15) is 11.1 Å². The van der Waals surface area contributed by atoms with Gasteiger partial charge in [-0.3, -0.25) is 29.8 Å². The maximum atomic E-state index is 12.5. The summed E-state index contributed by atoms with van der Waals surface area (Å²) in [5.74, 6) is -1.67. The Kier molecular flexibility index (Phi) is 7.85. The zero-order valence-electron chi connectivity index (χ0n) is 15.5. The van der Waals surface area contributed by atoms with Crippen molar-refractivity contribution in [3.8, 4) is 0 Å². The fraction of sp³-hybridized carbons (Fsp3) is 0.412. The highest BCUT2D eigenvalue weighted by Crippen LogP contribution is 2.25. The van der Waals surface area contributed by atoms with Gasteiger partial charge in [-0.1, -0.05) is 18.5 Å². The number of nitrogens with one attached hydrogen (secondary N) is 2. The first kappa shape index (κ1) is 22.5. The van der Waals surface area contributed by atoms with E-state index in [4.69, 9.17) is 28.6 Å². The molecule has 0 spiro atoms. The molecule has 0 radical (unpaired) electrons. The molecule has 0 aliphatic carbocycles. The summed E-state index contributed by atoms with van der Waals surface area (Å²) in [6, 6.07) is 2.65. The van der Waals surface area contributed by atoms with Crippen LogP contribution in [0.5, 0.6) is 0 Å². The van der Waals surface area contributed by atoms with Crippen LogP contribution in [0.25, 0.3) is 0 Å². The topological polar surface area (TPSA) is 131 Å². The Morgan fingerprint density at radius 3 is 2.86 bits per heavy atom. The molecule has 1 heterocycles. The Morgan fingerprint density at radius 2 is 2.21 bits per heavy atom. The van der Waals surface area contributed by atoms with Gasteiger partial charge >= 0.3 is 5.97 Å². The second-order valence-electron chi connectivity index (χ2n) is 6.11. The normalized spacial score (nSPS) is 16.0. The number of piperazine rings is 1. The monoisotopic (exact) mass is 442 g/mol. The number of esters is 1. The summed E-state index contributed by atoms with van der Waals surface area (Å²) in [6.45, 7) is 2.64. The lowest BCUT2D eigenvalue weighted by molar-refractivity contribution is -0.384. The number of carbonyl (C=O) groups excluding carboxylic acids is 3. The number of halogens is 1. The van der Waals surface area contributed by atoms with E-state index in [1.807, 2.05) is 6.92 Å². The SMILES string of the molecule is CCCOC(=O)CC1C(=O)NCCN1C(=S)NC(=O)c1ccc(Cl)c([N+](=O)[O-])c1. The van der Waals surface area contributed by atoms with Crippen LogP contribution in [0.1, 0.15) is 30.1 Å². The van der Waals surface area contributed by atoms with Crippen LogP contribution < -0.4 is 10.6 Å². The lowest BCUT2D eigenvalue weighted by Gasteiger charge is -2.36. The van der Waals surface area contributed by atoms with E-state index in [9.17, 15) is 24.5 Å². The number of nitrogens with zero attached hydrogens (tertiary/aromatic N) is 2. The van der Waals surface area contributed by atoms with Crippen LogP contribution in [-0.2, 0) is 14.3 Å². The number of hydrogen-bond donors (Lipinski definition) is 2. The van der Waals surface area contributed by atoms with E-state index in [0.29, 0.717) is 6.42 Å². The van der Waals surface area contributed by atoms with E-state index in [1.165, 1.54) is 17.0 Å². The molecule has 2 N–H and O–H groups in total. The zero-order valence-corrected chi connectivity index (χ0v) is 17.0. The van der Waals surface area contributed by atoms with Crippen LogP contribution in [-0.4, -0.2) is 58.5 Å². The van der Waals surface area contributed by atoms with Gasteiger partial charge in [0.05, 0.1) is 18.0 Å². The quantitative estimate of drug-likeness (QED) is 0.292. The molecule has 29 heavy (non-hydrogen) atoms. The molecule has 1 aliphatic heterocycles. The van der Waals surface area contributed by atoms with Crippen molar-refractivity contribution in [1.82, 2.24) is 15.5 Å². The average molecular weight is 443 g/mol. The lowest BCUT2D eigenvalue weighted by atomic mass is 10.1. The number of rotatable bonds is 6. The van der Waals surface area contributed by atoms with Gasteiger partial charge in [-0.15, -0.1) is 0 Å². The predicted molar refractivity (Wildman–Crippen MR) is 108 cm³/mol. The number of hydrogen-bond acceptors (Lipinski definition) is 7. The molecule has 1 atom stereocenters. The second kappa shape index (κ2) is 10.1. The maximum Gasteiger partial charge on any atom is 0.308 e. The first-order chi connectivity index (χ1) is 13.7. The smallest absolute Gasteiger partial charge is 0.308 e. The van der Waals surface area contributed by atoms with Crippen molar-refractivity contribution in [2.75, 3.05) is 19.7 Å². The standard InChI is InChI=1S/C17H19ClN4O6S/c1-2-7-28-14(23)9-13-16(25)19-5-6-21(13)17(29)20-15(24)10-3-4-11(18)12(8-10)22(26)27/h3-4,8,13H,2,5-7,9H2,1H3,(H,19,25)(H,20,24,29). The molecule has 1 fully saturated rings. The zero-order chi connectivity index (χ0) is 21.6. The number of nitro groups is 1. The summed E-state index contributed by atoms with van der Waals surface area (Å²) >= 11 is 11.0. The Morgan fingerprint density at radius 1 is 1.48 bits per heavy atom. The van der Waals surface area contributed by atoms with E-state index >= 15 is 0 Å². The molecule has 0 saturated carbocycles. The second-order valence-corrected chi connectivity index (χ2v) is 6.90. The summed E-state index contributed by atoms with van der Waals surface area (Å²) in [5, 5.41) is 15.9. The summed E-state index contributed by atoms with van der Waals surface area (Å²) < 4.78 is 5.01. The van der Waals surface area contributed by atoms with Crippen LogP contribution in [0.2, 0.25) is 5.02 Å². The van der Waals surface area contributed by atoms with Crippen molar-refractivity contribution in [2.24, 2.45) is 0 Å². The summed E-state index contributed by atoms with van der Waals surface area (Å²) in [4.78, 5) is 48.3. The fourth-order valence-corrected chi connectivity index (χ4v) is 3.13. The van der Waals surface area contributed by atoms with Crippen molar-refractivity contribution in [3.05, 3.63) is 38.9 Å². The molecule has 10 nitrogen and oxygen atoms in total. The molecule has 1 aromatic rings. The number of amides is 2. The van der Waals surface area contributed by atoms with Crippen LogP contribution in [0.4, 0.5) is 5.69 Å². The number of ether oxygens (including phenoxy) is 1. The van der Waals surface area contributed by atoms with Crippen molar-refractivity contribution in [2.45, 2.75) is 25.8 Å². The van der Waals surface area contributed by atoms with Gasteiger partial charge in [0.25, 0.3) is 11.6 Å². The molecule has 2 rings (SSSR count). The van der Waals surface area contributed by atoms with E-state index in [-0.39, 0.29) is 41.8 Å². The van der Waals surface area contributed by atoms with Crippen molar-refractivity contribution in [3.63, 3.8) is 0 Å². The molecule has 1 aliphatic rings.